The van der Waals surface area contributed by atoms with E-state index < -0.39 is 0 Å². The Hall–Kier alpha value is -1.00. The highest BCUT2D eigenvalue weighted by atomic mass is 32.2. The minimum atomic E-state index is -0.308. The molecule has 1 aromatic rings. The van der Waals surface area contributed by atoms with Crippen molar-refractivity contribution in [3.8, 4) is 0 Å². The third-order valence-electron chi connectivity index (χ3n) is 2.04. The predicted molar refractivity (Wildman–Crippen MR) is 65.0 cm³/mol. The summed E-state index contributed by atoms with van der Waals surface area (Å²) < 4.78 is 10.1. The summed E-state index contributed by atoms with van der Waals surface area (Å²) in [7, 11) is 1.58. The standard InChI is InChI=1S/C12H16O3S/c1-9(8-14-2)15-12(13)10-4-6-11(16-3)7-5-10/h4-7,9H,8H2,1-3H3. The van der Waals surface area contributed by atoms with E-state index in [0.29, 0.717) is 12.2 Å². The molecule has 1 rings (SSSR count). The number of carbonyl (C=O) groups excluding carboxylic acids is 1. The first kappa shape index (κ1) is 13.1. The van der Waals surface area contributed by atoms with Crippen molar-refractivity contribution in [1.82, 2.24) is 0 Å². The maximum atomic E-state index is 11.6. The fourth-order valence-corrected chi connectivity index (χ4v) is 1.65. The Morgan fingerprint density at radius 2 is 2.00 bits per heavy atom. The lowest BCUT2D eigenvalue weighted by atomic mass is 10.2. The normalized spacial score (nSPS) is 12.2. The van der Waals surface area contributed by atoms with Crippen LogP contribution in [-0.2, 0) is 9.47 Å². The van der Waals surface area contributed by atoms with Crippen molar-refractivity contribution in [2.24, 2.45) is 0 Å². The van der Waals surface area contributed by atoms with Gasteiger partial charge in [-0.25, -0.2) is 4.79 Å². The quantitative estimate of drug-likeness (QED) is 0.585. The summed E-state index contributed by atoms with van der Waals surface area (Å²) in [4.78, 5) is 12.8. The third kappa shape index (κ3) is 3.87. The van der Waals surface area contributed by atoms with E-state index in [-0.39, 0.29) is 12.1 Å². The molecule has 0 aliphatic rings. The number of esters is 1. The topological polar surface area (TPSA) is 35.5 Å². The monoisotopic (exact) mass is 240 g/mol. The summed E-state index contributed by atoms with van der Waals surface area (Å²) in [5, 5.41) is 0. The first-order valence-corrected chi connectivity index (χ1v) is 6.23. The zero-order valence-electron chi connectivity index (χ0n) is 9.73. The van der Waals surface area contributed by atoms with Crippen LogP contribution in [0.3, 0.4) is 0 Å². The van der Waals surface area contributed by atoms with Gasteiger partial charge in [-0.2, -0.15) is 0 Å². The molecule has 0 bridgehead atoms. The molecule has 0 N–H and O–H groups in total. The molecule has 0 amide bonds. The van der Waals surface area contributed by atoms with E-state index in [4.69, 9.17) is 9.47 Å². The van der Waals surface area contributed by atoms with Gasteiger partial charge >= 0.3 is 5.97 Å². The maximum Gasteiger partial charge on any atom is 0.338 e. The van der Waals surface area contributed by atoms with Crippen molar-refractivity contribution in [3.05, 3.63) is 29.8 Å². The molecule has 0 aliphatic carbocycles. The summed E-state index contributed by atoms with van der Waals surface area (Å²) in [5.41, 5.74) is 0.570. The number of ether oxygens (including phenoxy) is 2. The van der Waals surface area contributed by atoms with Crippen LogP contribution in [0.1, 0.15) is 17.3 Å². The van der Waals surface area contributed by atoms with E-state index in [2.05, 4.69) is 0 Å². The molecule has 16 heavy (non-hydrogen) atoms. The lowest BCUT2D eigenvalue weighted by Crippen LogP contribution is -2.19. The number of carbonyl (C=O) groups is 1. The Balaban J connectivity index is 2.59. The highest BCUT2D eigenvalue weighted by Crippen LogP contribution is 2.15. The Kier molecular flexibility index (Phi) is 5.35. The average Bonchev–Trinajstić information content (AvgIpc) is 2.29. The molecule has 3 nitrogen and oxygen atoms in total. The Labute approximate surface area is 100 Å². The molecule has 1 atom stereocenters. The summed E-state index contributed by atoms with van der Waals surface area (Å²) in [6, 6.07) is 7.35. The van der Waals surface area contributed by atoms with Gasteiger partial charge in [-0.3, -0.25) is 0 Å². The van der Waals surface area contributed by atoms with Crippen molar-refractivity contribution in [2.75, 3.05) is 20.0 Å². The van der Waals surface area contributed by atoms with Crippen LogP contribution in [0.25, 0.3) is 0 Å². The fraction of sp³-hybridized carbons (Fsp3) is 0.417. The van der Waals surface area contributed by atoms with Crippen LogP contribution in [0.15, 0.2) is 29.2 Å². The average molecular weight is 240 g/mol. The first-order valence-electron chi connectivity index (χ1n) is 5.01. The molecule has 88 valence electrons. The third-order valence-corrected chi connectivity index (χ3v) is 2.78. The van der Waals surface area contributed by atoms with E-state index in [1.165, 1.54) is 0 Å². The molecule has 4 heteroatoms. The van der Waals surface area contributed by atoms with Gasteiger partial charge in [0.05, 0.1) is 12.2 Å². The van der Waals surface area contributed by atoms with E-state index in [1.807, 2.05) is 18.4 Å². The van der Waals surface area contributed by atoms with Crippen molar-refractivity contribution in [3.63, 3.8) is 0 Å². The molecule has 0 heterocycles. The molecule has 0 aliphatic heterocycles. The summed E-state index contributed by atoms with van der Waals surface area (Å²) in [6.07, 6.45) is 1.77. The second-order valence-corrected chi connectivity index (χ2v) is 4.28. The summed E-state index contributed by atoms with van der Waals surface area (Å²) in [6.45, 7) is 2.21. The molecular weight excluding hydrogens is 224 g/mol. The van der Waals surface area contributed by atoms with E-state index in [9.17, 15) is 4.79 Å². The van der Waals surface area contributed by atoms with Crippen molar-refractivity contribution < 1.29 is 14.3 Å². The number of rotatable bonds is 5. The molecule has 0 spiro atoms. The van der Waals surface area contributed by atoms with Gasteiger partial charge < -0.3 is 9.47 Å². The van der Waals surface area contributed by atoms with Crippen LogP contribution in [0.4, 0.5) is 0 Å². The highest BCUT2D eigenvalue weighted by Gasteiger charge is 2.11. The molecule has 0 fully saturated rings. The van der Waals surface area contributed by atoms with Gasteiger partial charge in [0.25, 0.3) is 0 Å². The summed E-state index contributed by atoms with van der Waals surface area (Å²) >= 11 is 1.64. The zero-order valence-corrected chi connectivity index (χ0v) is 10.5. The van der Waals surface area contributed by atoms with Crippen LogP contribution >= 0.6 is 11.8 Å². The first-order chi connectivity index (χ1) is 7.67. The fourth-order valence-electron chi connectivity index (χ4n) is 1.25. The number of thioether (sulfide) groups is 1. The Morgan fingerprint density at radius 1 is 1.38 bits per heavy atom. The Bertz CT molecular complexity index is 335. The SMILES string of the molecule is COCC(C)OC(=O)c1ccc(SC)cc1. The molecule has 1 aromatic carbocycles. The molecule has 0 radical (unpaired) electrons. The zero-order chi connectivity index (χ0) is 12.0. The van der Waals surface area contributed by atoms with Gasteiger partial charge in [0, 0.05) is 12.0 Å². The van der Waals surface area contributed by atoms with Gasteiger partial charge in [0.15, 0.2) is 0 Å². The van der Waals surface area contributed by atoms with Crippen LogP contribution < -0.4 is 0 Å². The van der Waals surface area contributed by atoms with Gasteiger partial charge in [-0.15, -0.1) is 11.8 Å². The molecule has 0 saturated heterocycles. The van der Waals surface area contributed by atoms with Gasteiger partial charge in [0.2, 0.25) is 0 Å². The predicted octanol–water partition coefficient (Wildman–Crippen LogP) is 2.60. The molecule has 0 aromatic heterocycles. The van der Waals surface area contributed by atoms with E-state index in [0.717, 1.165) is 4.90 Å². The molecular formula is C12H16O3S. The smallest absolute Gasteiger partial charge is 0.338 e. The van der Waals surface area contributed by atoms with Crippen LogP contribution in [0.5, 0.6) is 0 Å². The number of hydrogen-bond donors (Lipinski definition) is 0. The summed E-state index contributed by atoms with van der Waals surface area (Å²) in [5.74, 6) is -0.308. The second kappa shape index (κ2) is 6.55. The van der Waals surface area contributed by atoms with Crippen LogP contribution in [0.2, 0.25) is 0 Å². The number of methoxy groups -OCH3 is 1. The van der Waals surface area contributed by atoms with Crippen LogP contribution in [-0.4, -0.2) is 32.0 Å². The highest BCUT2D eigenvalue weighted by molar-refractivity contribution is 7.98. The number of benzene rings is 1. The largest absolute Gasteiger partial charge is 0.457 e. The lowest BCUT2D eigenvalue weighted by Gasteiger charge is -2.12. The molecule has 0 saturated carbocycles. The van der Waals surface area contributed by atoms with Crippen molar-refractivity contribution >= 4 is 17.7 Å². The van der Waals surface area contributed by atoms with Crippen molar-refractivity contribution in [1.29, 1.82) is 0 Å². The van der Waals surface area contributed by atoms with Gasteiger partial charge in [0.1, 0.15) is 6.10 Å². The lowest BCUT2D eigenvalue weighted by molar-refractivity contribution is 0.0120. The second-order valence-electron chi connectivity index (χ2n) is 3.40. The van der Waals surface area contributed by atoms with Gasteiger partial charge in [-0.1, -0.05) is 0 Å². The number of hydrogen-bond acceptors (Lipinski definition) is 4. The maximum absolute atomic E-state index is 11.6. The van der Waals surface area contributed by atoms with Crippen LogP contribution in [0, 0.1) is 0 Å². The van der Waals surface area contributed by atoms with E-state index in [1.54, 1.807) is 37.9 Å². The molecule has 1 unspecified atom stereocenters. The Morgan fingerprint density at radius 3 is 2.50 bits per heavy atom. The minimum Gasteiger partial charge on any atom is -0.457 e. The van der Waals surface area contributed by atoms with E-state index >= 15 is 0 Å². The van der Waals surface area contributed by atoms with Crippen molar-refractivity contribution in [2.45, 2.75) is 17.9 Å². The van der Waals surface area contributed by atoms with Gasteiger partial charge in [-0.05, 0) is 37.4 Å². The minimum absolute atomic E-state index is 0.224.